The first-order valence-corrected chi connectivity index (χ1v) is 5.61. The topological polar surface area (TPSA) is 139 Å². The number of carboxylic acid groups (broad SMARTS) is 1. The zero-order valence-electron chi connectivity index (χ0n) is 10.4. The fraction of sp³-hybridized carbons (Fsp3) is 0.167. The van der Waals surface area contributed by atoms with Gasteiger partial charge in [0.1, 0.15) is 0 Å². The number of rotatable bonds is 5. The van der Waals surface area contributed by atoms with Gasteiger partial charge in [0.05, 0.1) is 6.42 Å². The molecule has 0 unspecified atom stereocenters. The molecule has 0 saturated heterocycles. The van der Waals surface area contributed by atoms with Crippen LogP contribution in [0.25, 0.3) is 0 Å². The number of primary amides is 1. The van der Waals surface area contributed by atoms with Gasteiger partial charge in [-0.15, -0.1) is 0 Å². The molecule has 0 fully saturated rings. The fourth-order valence-electron chi connectivity index (χ4n) is 1.32. The highest BCUT2D eigenvalue weighted by Crippen LogP contribution is 2.09. The molecule has 0 aliphatic heterocycles. The third kappa shape index (κ3) is 5.17. The Hall–Kier alpha value is -2.90. The highest BCUT2D eigenvalue weighted by atomic mass is 16.4. The number of hydrogen-bond acceptors (Lipinski definition) is 4. The number of aliphatic carboxylic acids is 1. The van der Waals surface area contributed by atoms with Gasteiger partial charge < -0.3 is 16.2 Å². The Balaban J connectivity index is 2.54. The van der Waals surface area contributed by atoms with Crippen LogP contribution in [0.5, 0.6) is 0 Å². The van der Waals surface area contributed by atoms with Gasteiger partial charge in [0.2, 0.25) is 11.8 Å². The van der Waals surface area contributed by atoms with Crippen molar-refractivity contribution in [1.29, 1.82) is 0 Å². The monoisotopic (exact) mass is 279 g/mol. The van der Waals surface area contributed by atoms with E-state index in [9.17, 15) is 19.2 Å². The highest BCUT2D eigenvalue weighted by Gasteiger charge is 2.10. The SMILES string of the molecule is NC(=O)c1cccc(NC(=O)NC(=O)CCC(=O)O)c1. The molecule has 8 nitrogen and oxygen atoms in total. The van der Waals surface area contributed by atoms with Crippen molar-refractivity contribution < 1.29 is 24.3 Å². The first kappa shape index (κ1) is 15.2. The Kier molecular flexibility index (Phi) is 5.21. The van der Waals surface area contributed by atoms with Crippen LogP contribution in [0.4, 0.5) is 10.5 Å². The van der Waals surface area contributed by atoms with Crippen molar-refractivity contribution in [2.75, 3.05) is 5.32 Å². The lowest BCUT2D eigenvalue weighted by Gasteiger charge is -2.07. The molecular weight excluding hydrogens is 266 g/mol. The molecule has 5 N–H and O–H groups in total. The number of anilines is 1. The minimum absolute atomic E-state index is 0.208. The maximum atomic E-state index is 11.4. The molecule has 0 aliphatic carbocycles. The number of amides is 4. The van der Waals surface area contributed by atoms with E-state index in [0.29, 0.717) is 0 Å². The lowest BCUT2D eigenvalue weighted by atomic mass is 10.2. The zero-order chi connectivity index (χ0) is 15.1. The first-order chi connectivity index (χ1) is 9.38. The molecule has 0 atom stereocenters. The molecule has 8 heteroatoms. The summed E-state index contributed by atoms with van der Waals surface area (Å²) in [4.78, 5) is 43.9. The number of urea groups is 1. The highest BCUT2D eigenvalue weighted by molar-refractivity contribution is 6.02. The van der Waals surface area contributed by atoms with Gasteiger partial charge >= 0.3 is 12.0 Å². The summed E-state index contributed by atoms with van der Waals surface area (Å²) >= 11 is 0. The van der Waals surface area contributed by atoms with E-state index in [1.165, 1.54) is 24.3 Å². The van der Waals surface area contributed by atoms with Crippen molar-refractivity contribution in [2.24, 2.45) is 5.73 Å². The quantitative estimate of drug-likeness (QED) is 0.613. The van der Waals surface area contributed by atoms with Crippen LogP contribution >= 0.6 is 0 Å². The second-order valence-corrected chi connectivity index (χ2v) is 3.84. The predicted molar refractivity (Wildman–Crippen MR) is 69.0 cm³/mol. The number of carboxylic acids is 1. The van der Waals surface area contributed by atoms with Crippen molar-refractivity contribution in [1.82, 2.24) is 5.32 Å². The molecule has 1 aromatic rings. The molecular formula is C12H13N3O5. The Morgan fingerprint density at radius 2 is 1.85 bits per heavy atom. The Bertz CT molecular complexity index is 556. The second kappa shape index (κ2) is 6.88. The van der Waals surface area contributed by atoms with Gasteiger partial charge in [-0.05, 0) is 18.2 Å². The largest absolute Gasteiger partial charge is 0.481 e. The number of imide groups is 1. The summed E-state index contributed by atoms with van der Waals surface area (Å²) in [6.45, 7) is 0. The molecule has 1 rings (SSSR count). The van der Waals surface area contributed by atoms with Crippen molar-refractivity contribution in [3.05, 3.63) is 29.8 Å². The van der Waals surface area contributed by atoms with Gasteiger partial charge in [-0.25, -0.2) is 4.79 Å². The Morgan fingerprint density at radius 1 is 1.15 bits per heavy atom. The van der Waals surface area contributed by atoms with Gasteiger partial charge in [-0.1, -0.05) is 6.07 Å². The zero-order valence-corrected chi connectivity index (χ0v) is 10.4. The summed E-state index contributed by atoms with van der Waals surface area (Å²) in [5.41, 5.74) is 5.58. The molecule has 0 aromatic heterocycles. The van der Waals surface area contributed by atoms with Gasteiger partial charge in [0.25, 0.3) is 0 Å². The minimum Gasteiger partial charge on any atom is -0.481 e. The number of carbonyl (C=O) groups excluding carboxylic acids is 3. The molecule has 106 valence electrons. The third-order valence-electron chi connectivity index (χ3n) is 2.22. The van der Waals surface area contributed by atoms with Crippen LogP contribution in [0.1, 0.15) is 23.2 Å². The Morgan fingerprint density at radius 3 is 2.45 bits per heavy atom. The number of hydrogen-bond donors (Lipinski definition) is 4. The second-order valence-electron chi connectivity index (χ2n) is 3.84. The van der Waals surface area contributed by atoms with E-state index in [4.69, 9.17) is 10.8 Å². The van der Waals surface area contributed by atoms with Crippen LogP contribution in [-0.4, -0.2) is 28.9 Å². The van der Waals surface area contributed by atoms with Gasteiger partial charge in [0, 0.05) is 17.7 Å². The van der Waals surface area contributed by atoms with E-state index in [2.05, 4.69) is 5.32 Å². The first-order valence-electron chi connectivity index (χ1n) is 5.61. The molecule has 1 aromatic carbocycles. The predicted octanol–water partition coefficient (Wildman–Crippen LogP) is 0.298. The number of nitrogens with two attached hydrogens (primary N) is 1. The fourth-order valence-corrected chi connectivity index (χ4v) is 1.32. The van der Waals surface area contributed by atoms with Crippen molar-refractivity contribution in [2.45, 2.75) is 12.8 Å². The van der Waals surface area contributed by atoms with Crippen LogP contribution in [0, 0.1) is 0 Å². The molecule has 0 saturated carbocycles. The van der Waals surface area contributed by atoms with Crippen molar-refractivity contribution in [3.8, 4) is 0 Å². The maximum Gasteiger partial charge on any atom is 0.325 e. The van der Waals surface area contributed by atoms with Gasteiger partial charge in [0.15, 0.2) is 0 Å². The molecule has 0 aliphatic rings. The molecule has 0 radical (unpaired) electrons. The average Bonchev–Trinajstić information content (AvgIpc) is 2.36. The van der Waals surface area contributed by atoms with E-state index >= 15 is 0 Å². The van der Waals surface area contributed by atoms with E-state index in [1.807, 2.05) is 5.32 Å². The third-order valence-corrected chi connectivity index (χ3v) is 2.22. The summed E-state index contributed by atoms with van der Waals surface area (Å²) in [5, 5.41) is 12.7. The van der Waals surface area contributed by atoms with Crippen molar-refractivity contribution in [3.63, 3.8) is 0 Å². The molecule has 4 amide bonds. The van der Waals surface area contributed by atoms with Gasteiger partial charge in [-0.3, -0.25) is 19.7 Å². The van der Waals surface area contributed by atoms with Gasteiger partial charge in [-0.2, -0.15) is 0 Å². The van der Waals surface area contributed by atoms with Crippen LogP contribution in [0.3, 0.4) is 0 Å². The summed E-state index contributed by atoms with van der Waals surface area (Å²) in [7, 11) is 0. The van der Waals surface area contributed by atoms with Crippen LogP contribution in [0.15, 0.2) is 24.3 Å². The maximum absolute atomic E-state index is 11.4. The normalized spacial score (nSPS) is 9.60. The van der Waals surface area contributed by atoms with Crippen LogP contribution < -0.4 is 16.4 Å². The van der Waals surface area contributed by atoms with E-state index in [-0.39, 0.29) is 24.1 Å². The minimum atomic E-state index is -1.13. The lowest BCUT2D eigenvalue weighted by Crippen LogP contribution is -2.34. The molecule has 0 heterocycles. The summed E-state index contributed by atoms with van der Waals surface area (Å²) in [6.07, 6.45) is -0.666. The van der Waals surface area contributed by atoms with Crippen LogP contribution in [0.2, 0.25) is 0 Å². The number of benzene rings is 1. The van der Waals surface area contributed by atoms with E-state index in [1.54, 1.807) is 0 Å². The van der Waals surface area contributed by atoms with E-state index < -0.39 is 23.8 Å². The summed E-state index contributed by atoms with van der Waals surface area (Å²) < 4.78 is 0. The molecule has 20 heavy (non-hydrogen) atoms. The van der Waals surface area contributed by atoms with E-state index in [0.717, 1.165) is 0 Å². The smallest absolute Gasteiger partial charge is 0.325 e. The van der Waals surface area contributed by atoms with Crippen molar-refractivity contribution >= 4 is 29.5 Å². The number of carbonyl (C=O) groups is 4. The molecule has 0 spiro atoms. The lowest BCUT2D eigenvalue weighted by molar-refractivity contribution is -0.138. The standard InChI is InChI=1S/C12H13N3O5/c13-11(19)7-2-1-3-8(6-7)14-12(20)15-9(16)4-5-10(17)18/h1-3,6H,4-5H2,(H2,13,19)(H,17,18)(H2,14,15,16,20). The summed E-state index contributed by atoms with van der Waals surface area (Å²) in [5.74, 6) is -2.49. The number of nitrogens with one attached hydrogen (secondary N) is 2. The molecule has 0 bridgehead atoms. The summed E-state index contributed by atoms with van der Waals surface area (Å²) in [6, 6.07) is 5.03. The Labute approximate surface area is 114 Å². The van der Waals surface area contributed by atoms with Crippen LogP contribution in [-0.2, 0) is 9.59 Å². The average molecular weight is 279 g/mol.